The summed E-state index contributed by atoms with van der Waals surface area (Å²) in [6.45, 7) is 5.70. The number of aliphatic imine (C=N–C) groups is 1. The maximum atomic E-state index is 13.4. The predicted octanol–water partition coefficient (Wildman–Crippen LogP) is 4.52. The van der Waals surface area contributed by atoms with E-state index >= 15 is 0 Å². The van der Waals surface area contributed by atoms with Crippen molar-refractivity contribution in [2.24, 2.45) is 16.8 Å². The molecule has 2 aromatic rings. The zero-order valence-corrected chi connectivity index (χ0v) is 24.8. The third kappa shape index (κ3) is 7.22. The van der Waals surface area contributed by atoms with Crippen LogP contribution in [0.4, 0.5) is 5.69 Å². The van der Waals surface area contributed by atoms with Crippen molar-refractivity contribution in [3.8, 4) is 0 Å². The van der Waals surface area contributed by atoms with Crippen LogP contribution in [0.15, 0.2) is 59.5 Å². The van der Waals surface area contributed by atoms with Crippen molar-refractivity contribution in [3.63, 3.8) is 0 Å². The average Bonchev–Trinajstić information content (AvgIpc) is 3.02. The second kappa shape index (κ2) is 13.4. The molecule has 42 heavy (non-hydrogen) atoms. The Bertz CT molecular complexity index is 1330. The summed E-state index contributed by atoms with van der Waals surface area (Å²) in [6, 6.07) is 6.22. The molecule has 8 nitrogen and oxygen atoms in total. The number of rotatable bonds is 8. The summed E-state index contributed by atoms with van der Waals surface area (Å²) < 4.78 is 0. The van der Waals surface area contributed by atoms with Crippen LogP contribution in [-0.4, -0.2) is 82.4 Å². The number of amides is 1. The van der Waals surface area contributed by atoms with Gasteiger partial charge < -0.3 is 15.3 Å². The highest BCUT2D eigenvalue weighted by atomic mass is 16.3. The highest BCUT2D eigenvalue weighted by Gasteiger charge is 2.30. The second-order valence-electron chi connectivity index (χ2n) is 12.6. The molecule has 6 rings (SSSR count). The largest absolute Gasteiger partial charge is 0.393 e. The molecular formula is C34H44N6O2. The van der Waals surface area contributed by atoms with Gasteiger partial charge in [0.15, 0.2) is 0 Å². The molecule has 1 unspecified atom stereocenters. The highest BCUT2D eigenvalue weighted by molar-refractivity contribution is 6.49. The fraction of sp³-hybridized carbons (Fsp3) is 0.529. The lowest BCUT2D eigenvalue weighted by Gasteiger charge is -2.29. The van der Waals surface area contributed by atoms with Crippen LogP contribution in [0.2, 0.25) is 0 Å². The van der Waals surface area contributed by atoms with Crippen molar-refractivity contribution in [3.05, 3.63) is 71.3 Å². The number of aliphatic hydroxyl groups is 1. The highest BCUT2D eigenvalue weighted by Crippen LogP contribution is 2.35. The third-order valence-electron chi connectivity index (χ3n) is 9.43. The van der Waals surface area contributed by atoms with Gasteiger partial charge in [-0.15, -0.1) is 0 Å². The minimum atomic E-state index is -0.171. The van der Waals surface area contributed by atoms with Crippen LogP contribution in [0.5, 0.6) is 0 Å². The second-order valence-corrected chi connectivity index (χ2v) is 12.6. The molecule has 2 aromatic heterocycles. The first-order valence-corrected chi connectivity index (χ1v) is 15.8. The summed E-state index contributed by atoms with van der Waals surface area (Å²) in [6.07, 6.45) is 18.1. The van der Waals surface area contributed by atoms with Crippen molar-refractivity contribution < 1.29 is 9.90 Å². The van der Waals surface area contributed by atoms with Gasteiger partial charge in [0.1, 0.15) is 5.71 Å². The molecule has 1 amide bonds. The first kappa shape index (κ1) is 28.9. The van der Waals surface area contributed by atoms with Crippen molar-refractivity contribution in [1.82, 2.24) is 19.8 Å². The Morgan fingerprint density at radius 1 is 1.05 bits per heavy atom. The van der Waals surface area contributed by atoms with E-state index in [9.17, 15) is 9.90 Å². The quantitative estimate of drug-likeness (QED) is 0.486. The smallest absolute Gasteiger partial charge is 0.274 e. The van der Waals surface area contributed by atoms with E-state index in [-0.39, 0.29) is 12.0 Å². The van der Waals surface area contributed by atoms with Gasteiger partial charge in [0, 0.05) is 49.8 Å². The predicted molar refractivity (Wildman–Crippen MR) is 167 cm³/mol. The van der Waals surface area contributed by atoms with Gasteiger partial charge in [-0.1, -0.05) is 6.08 Å². The van der Waals surface area contributed by atoms with E-state index in [1.165, 1.54) is 37.9 Å². The Morgan fingerprint density at radius 3 is 2.67 bits per heavy atom. The number of likely N-dealkylation sites (tertiary alicyclic amines) is 2. The molecule has 1 aliphatic carbocycles. The summed E-state index contributed by atoms with van der Waals surface area (Å²) in [5, 5.41) is 12.9. The molecule has 0 saturated carbocycles. The van der Waals surface area contributed by atoms with Crippen molar-refractivity contribution >= 4 is 22.9 Å². The van der Waals surface area contributed by atoms with Crippen LogP contribution in [0.1, 0.15) is 61.8 Å². The van der Waals surface area contributed by atoms with Gasteiger partial charge in [0.2, 0.25) is 0 Å². The van der Waals surface area contributed by atoms with Gasteiger partial charge in [0.05, 0.1) is 18.0 Å². The number of anilines is 1. The first-order chi connectivity index (χ1) is 20.5. The molecule has 0 radical (unpaired) electrons. The van der Waals surface area contributed by atoms with Gasteiger partial charge in [-0.05, 0) is 124 Å². The number of aliphatic hydroxyl groups excluding tert-OH is 1. The SMILES string of the molecule is CN1CCC(CCc2ccc(NC(=O)C3=NCCC4CC=C(c5cncc(CN6CCC(O)CC6)c5)C=C34)cn2)CC1. The van der Waals surface area contributed by atoms with Crippen LogP contribution >= 0.6 is 0 Å². The minimum absolute atomic E-state index is 0.160. The van der Waals surface area contributed by atoms with Gasteiger partial charge in [-0.25, -0.2) is 0 Å². The Labute approximate surface area is 249 Å². The normalized spacial score (nSPS) is 22.6. The standard InChI is InChI=1S/C34H44N6O2/c1-39-14-9-24(10-15-39)2-5-29-6-7-30(22-37-29)38-34(42)33-32-19-27(4-3-26(32)8-13-36-33)28-18-25(20-35-21-28)23-40-16-11-31(41)12-17-40/h4,6-7,18-22,24,26,31,41H,2-3,5,8-17,23H2,1H3,(H,38,42). The molecule has 4 aliphatic rings. The number of aromatic nitrogens is 2. The van der Waals surface area contributed by atoms with Crippen LogP contribution in [-0.2, 0) is 17.8 Å². The topological polar surface area (TPSA) is 94.0 Å². The number of hydrogen-bond acceptors (Lipinski definition) is 7. The summed E-state index contributed by atoms with van der Waals surface area (Å²) in [7, 11) is 2.20. The average molecular weight is 569 g/mol. The maximum absolute atomic E-state index is 13.4. The van der Waals surface area contributed by atoms with Crippen molar-refractivity contribution in [2.75, 3.05) is 45.1 Å². The molecule has 0 bridgehead atoms. The summed E-state index contributed by atoms with van der Waals surface area (Å²) in [5.74, 6) is 0.931. The Balaban J connectivity index is 1.08. The van der Waals surface area contributed by atoms with E-state index in [2.05, 4.69) is 55.3 Å². The molecule has 5 heterocycles. The number of piperidine rings is 2. The number of fused-ring (bicyclic) bond motifs is 1. The molecule has 3 aliphatic heterocycles. The Morgan fingerprint density at radius 2 is 1.88 bits per heavy atom. The number of nitrogens with zero attached hydrogens (tertiary/aromatic N) is 5. The van der Waals surface area contributed by atoms with Crippen molar-refractivity contribution in [1.29, 1.82) is 0 Å². The van der Waals surface area contributed by atoms with Crippen LogP contribution < -0.4 is 5.32 Å². The van der Waals surface area contributed by atoms with Crippen LogP contribution in [0, 0.1) is 11.8 Å². The summed E-state index contributed by atoms with van der Waals surface area (Å²) in [4.78, 5) is 32.1. The minimum Gasteiger partial charge on any atom is -0.393 e. The van der Waals surface area contributed by atoms with Crippen LogP contribution in [0.3, 0.4) is 0 Å². The zero-order chi connectivity index (χ0) is 28.9. The molecule has 2 fully saturated rings. The van der Waals surface area contributed by atoms with E-state index in [0.29, 0.717) is 23.9 Å². The number of carbonyl (C=O) groups excluding carboxylic acids is 1. The molecular weight excluding hydrogens is 524 g/mol. The lowest BCUT2D eigenvalue weighted by atomic mass is 9.80. The number of hydrogen-bond donors (Lipinski definition) is 2. The van der Waals surface area contributed by atoms with Gasteiger partial charge in [-0.3, -0.25) is 24.7 Å². The lowest BCUT2D eigenvalue weighted by Crippen LogP contribution is -2.35. The molecule has 2 saturated heterocycles. The van der Waals surface area contributed by atoms with E-state index < -0.39 is 0 Å². The fourth-order valence-electron chi connectivity index (χ4n) is 6.71. The molecule has 8 heteroatoms. The zero-order valence-electron chi connectivity index (χ0n) is 24.8. The number of aryl methyl sites for hydroxylation is 1. The van der Waals surface area contributed by atoms with Gasteiger partial charge in [-0.2, -0.15) is 0 Å². The number of nitrogens with one attached hydrogen (secondary N) is 1. The van der Waals surface area contributed by atoms with Gasteiger partial charge in [0.25, 0.3) is 5.91 Å². The van der Waals surface area contributed by atoms with E-state index in [0.717, 1.165) is 80.1 Å². The first-order valence-electron chi connectivity index (χ1n) is 15.8. The van der Waals surface area contributed by atoms with E-state index in [1.54, 1.807) is 6.20 Å². The molecule has 0 spiro atoms. The van der Waals surface area contributed by atoms with E-state index in [1.807, 2.05) is 24.5 Å². The Hall–Kier alpha value is -3.20. The summed E-state index contributed by atoms with van der Waals surface area (Å²) >= 11 is 0. The number of allylic oxidation sites excluding steroid dienone is 3. The molecule has 222 valence electrons. The van der Waals surface area contributed by atoms with Gasteiger partial charge >= 0.3 is 0 Å². The van der Waals surface area contributed by atoms with E-state index in [4.69, 9.17) is 0 Å². The summed E-state index contributed by atoms with van der Waals surface area (Å²) in [5.41, 5.74) is 6.70. The third-order valence-corrected chi connectivity index (χ3v) is 9.43. The Kier molecular flexibility index (Phi) is 9.22. The van der Waals surface area contributed by atoms with Crippen LogP contribution in [0.25, 0.3) is 5.57 Å². The van der Waals surface area contributed by atoms with Crippen molar-refractivity contribution in [2.45, 2.75) is 64.0 Å². The maximum Gasteiger partial charge on any atom is 0.274 e. The number of pyridine rings is 2. The molecule has 2 N–H and O–H groups in total. The monoisotopic (exact) mass is 568 g/mol. The number of carbonyl (C=O) groups is 1. The fourth-order valence-corrected chi connectivity index (χ4v) is 6.71. The molecule has 1 atom stereocenters. The molecule has 0 aromatic carbocycles. The lowest BCUT2D eigenvalue weighted by molar-refractivity contribution is -0.110.